The third kappa shape index (κ3) is 7.21. The Labute approximate surface area is 248 Å². The molecule has 1 aromatic carbocycles. The molecule has 12 nitrogen and oxygen atoms in total. The Balaban J connectivity index is 1.16. The van der Waals surface area contributed by atoms with Crippen LogP contribution in [-0.4, -0.2) is 83.5 Å². The molecule has 0 unspecified atom stereocenters. The molecule has 2 aromatic heterocycles. The van der Waals surface area contributed by atoms with Crippen molar-refractivity contribution in [2.24, 2.45) is 5.92 Å². The normalized spacial score (nSPS) is 22.5. The first-order valence-corrected chi connectivity index (χ1v) is 15.1. The van der Waals surface area contributed by atoms with Crippen LogP contribution in [0.2, 0.25) is 0 Å². The zero-order chi connectivity index (χ0) is 29.6. The quantitative estimate of drug-likeness (QED) is 0.231. The monoisotopic (exact) mass is 598 g/mol. The van der Waals surface area contributed by atoms with Crippen LogP contribution in [0, 0.1) is 5.92 Å². The number of nitrogens with zero attached hydrogens (tertiary/aromatic N) is 3. The van der Waals surface area contributed by atoms with Crippen molar-refractivity contribution in [2.45, 2.75) is 69.9 Å². The smallest absolute Gasteiger partial charge is 0.246 e. The third-order valence-corrected chi connectivity index (χ3v) is 8.70. The lowest BCUT2D eigenvalue weighted by molar-refractivity contribution is -0.124. The van der Waals surface area contributed by atoms with Crippen LogP contribution in [0.5, 0.6) is 5.75 Å². The van der Waals surface area contributed by atoms with Crippen LogP contribution >= 0.6 is 11.3 Å². The number of hydrogen-bond donors (Lipinski definition) is 4. The third-order valence-electron chi connectivity index (χ3n) is 7.72. The van der Waals surface area contributed by atoms with Gasteiger partial charge in [-0.1, -0.05) is 11.3 Å². The van der Waals surface area contributed by atoms with E-state index in [0.717, 1.165) is 53.4 Å². The van der Waals surface area contributed by atoms with Gasteiger partial charge in [0.25, 0.3) is 0 Å². The topological polar surface area (TPSA) is 157 Å². The van der Waals surface area contributed by atoms with Crippen molar-refractivity contribution >= 4 is 38.5 Å². The van der Waals surface area contributed by atoms with Crippen molar-refractivity contribution in [3.05, 3.63) is 30.4 Å². The molecule has 2 aliphatic carbocycles. The number of thiazole rings is 1. The summed E-state index contributed by atoms with van der Waals surface area (Å²) >= 11 is 1.37. The number of amides is 2. The van der Waals surface area contributed by atoms with Crippen molar-refractivity contribution in [1.29, 1.82) is 0 Å². The minimum absolute atomic E-state index is 0.0437. The summed E-state index contributed by atoms with van der Waals surface area (Å²) in [5.74, 6) is 0.900. The van der Waals surface area contributed by atoms with E-state index in [4.69, 9.17) is 14.2 Å². The van der Waals surface area contributed by atoms with E-state index in [2.05, 4.69) is 30.9 Å². The second-order valence-electron chi connectivity index (χ2n) is 10.9. The number of aromatic nitrogens is 3. The highest BCUT2D eigenvalue weighted by molar-refractivity contribution is 7.22. The summed E-state index contributed by atoms with van der Waals surface area (Å²) in [6.45, 7) is 2.80. The number of aliphatic hydroxyl groups is 1. The number of aliphatic hydroxyl groups excluding tert-OH is 1. The zero-order valence-electron chi connectivity index (χ0n) is 24.1. The van der Waals surface area contributed by atoms with Crippen molar-refractivity contribution in [3.63, 3.8) is 0 Å². The van der Waals surface area contributed by atoms with Crippen molar-refractivity contribution in [1.82, 2.24) is 25.6 Å². The molecule has 5 rings (SSSR count). The molecular weight excluding hydrogens is 560 g/mol. The fourth-order valence-corrected chi connectivity index (χ4v) is 6.38. The maximum atomic E-state index is 12.9. The first-order chi connectivity index (χ1) is 20.3. The van der Waals surface area contributed by atoms with Crippen molar-refractivity contribution in [3.8, 4) is 16.9 Å². The molecule has 0 saturated heterocycles. The molecule has 0 aliphatic heterocycles. The van der Waals surface area contributed by atoms with Crippen LogP contribution in [0.15, 0.2) is 24.5 Å². The number of rotatable bonds is 13. The zero-order valence-corrected chi connectivity index (χ0v) is 24.9. The van der Waals surface area contributed by atoms with E-state index >= 15 is 0 Å². The van der Waals surface area contributed by atoms with Gasteiger partial charge >= 0.3 is 0 Å². The fraction of sp³-hybridized carbons (Fsp3) is 0.552. The molecule has 0 spiro atoms. The number of anilines is 1. The van der Waals surface area contributed by atoms with E-state index in [0.29, 0.717) is 23.3 Å². The number of carbonyl (C=O) groups is 2. The van der Waals surface area contributed by atoms with Gasteiger partial charge in [-0.3, -0.25) is 9.59 Å². The van der Waals surface area contributed by atoms with Gasteiger partial charge in [0.15, 0.2) is 11.0 Å². The number of methoxy groups -OCH3 is 2. The maximum absolute atomic E-state index is 12.9. The molecule has 13 heteroatoms. The first kappa shape index (κ1) is 30.2. The summed E-state index contributed by atoms with van der Waals surface area (Å²) in [6, 6.07) is 4.12. The van der Waals surface area contributed by atoms with Gasteiger partial charge < -0.3 is 35.3 Å². The van der Waals surface area contributed by atoms with Gasteiger partial charge in [0.2, 0.25) is 11.8 Å². The number of nitrogens with one attached hydrogen (secondary N) is 3. The van der Waals surface area contributed by atoms with Gasteiger partial charge in [-0.15, -0.1) is 0 Å². The van der Waals surface area contributed by atoms with Gasteiger partial charge in [-0.25, -0.2) is 15.0 Å². The molecule has 0 bridgehead atoms. The Hall–Kier alpha value is -3.23. The highest BCUT2D eigenvalue weighted by Crippen LogP contribution is 2.41. The van der Waals surface area contributed by atoms with Crippen LogP contribution in [0.3, 0.4) is 0 Å². The number of ether oxygens (including phenoxy) is 3. The number of fused-ring (bicyclic) bond motifs is 1. The summed E-state index contributed by atoms with van der Waals surface area (Å²) in [5.41, 5.74) is 2.35. The Morgan fingerprint density at radius 1 is 1.17 bits per heavy atom. The molecule has 2 saturated carbocycles. The molecule has 42 heavy (non-hydrogen) atoms. The van der Waals surface area contributed by atoms with Crippen LogP contribution in [0.4, 0.5) is 5.13 Å². The maximum Gasteiger partial charge on any atom is 0.246 e. The van der Waals surface area contributed by atoms with Gasteiger partial charge in [-0.2, -0.15) is 0 Å². The lowest BCUT2D eigenvalue weighted by Gasteiger charge is -2.36. The van der Waals surface area contributed by atoms with Gasteiger partial charge in [-0.05, 0) is 51.2 Å². The number of benzene rings is 1. The van der Waals surface area contributed by atoms with Gasteiger partial charge in [0.05, 0.1) is 29.5 Å². The standard InChI is InChI=1S/C29H38N6O6S/c1-16(11-32-25(37)15-39-2)33-19-9-17(10-19)28(38)35-29-34-21-8-7-20(26(40-3)27(21)42-29)18-12-30-24(31-13-18)14-41-23-6-4-5-22(23)36/h7-8,12-13,16-17,19,22-23,33,36H,4-6,9-11,14-15H2,1-3H3,(H,32,37)(H,34,35,38)/t16-,17?,19?,22-,23-/m0/s1. The van der Waals surface area contributed by atoms with Gasteiger partial charge in [0.1, 0.15) is 19.0 Å². The second-order valence-corrected chi connectivity index (χ2v) is 11.9. The predicted octanol–water partition coefficient (Wildman–Crippen LogP) is 2.65. The Morgan fingerprint density at radius 2 is 1.95 bits per heavy atom. The second kappa shape index (κ2) is 13.8. The summed E-state index contributed by atoms with van der Waals surface area (Å²) in [4.78, 5) is 38.0. The SMILES string of the molecule is COCC(=O)NC[C@H](C)NC1CC(C(=O)Nc2nc3ccc(-c4cnc(CO[C@H]5CCC[C@@H]5O)nc4)c(OC)c3s2)C1. The van der Waals surface area contributed by atoms with Crippen LogP contribution in [0.25, 0.3) is 21.3 Å². The first-order valence-electron chi connectivity index (χ1n) is 14.3. The summed E-state index contributed by atoms with van der Waals surface area (Å²) in [6.07, 6.45) is 6.93. The number of carbonyl (C=O) groups excluding carboxylic acids is 2. The van der Waals surface area contributed by atoms with Crippen LogP contribution < -0.4 is 20.7 Å². The van der Waals surface area contributed by atoms with E-state index in [1.54, 1.807) is 19.5 Å². The molecular formula is C29H38N6O6S. The van der Waals surface area contributed by atoms with E-state index in [1.807, 2.05) is 19.1 Å². The summed E-state index contributed by atoms with van der Waals surface area (Å²) in [7, 11) is 3.10. The lowest BCUT2D eigenvalue weighted by Crippen LogP contribution is -2.51. The van der Waals surface area contributed by atoms with Crippen LogP contribution in [0.1, 0.15) is 44.9 Å². The molecule has 2 amide bonds. The number of hydrogen-bond acceptors (Lipinski definition) is 11. The summed E-state index contributed by atoms with van der Waals surface area (Å²) in [5, 5.41) is 19.7. The average Bonchev–Trinajstić information content (AvgIpc) is 3.57. The van der Waals surface area contributed by atoms with Crippen molar-refractivity contribution < 1.29 is 28.9 Å². The molecule has 2 fully saturated rings. The Kier molecular flexibility index (Phi) is 9.95. The minimum Gasteiger partial charge on any atom is -0.495 e. The highest BCUT2D eigenvalue weighted by Gasteiger charge is 2.35. The van der Waals surface area contributed by atoms with Gasteiger partial charge in [0, 0.05) is 55.2 Å². The lowest BCUT2D eigenvalue weighted by atomic mass is 9.79. The molecule has 226 valence electrons. The molecule has 3 atom stereocenters. The predicted molar refractivity (Wildman–Crippen MR) is 158 cm³/mol. The molecule has 2 heterocycles. The van der Waals surface area contributed by atoms with E-state index in [9.17, 15) is 14.7 Å². The molecule has 0 radical (unpaired) electrons. The van der Waals surface area contributed by atoms with E-state index in [-0.39, 0.29) is 49.1 Å². The molecule has 3 aromatic rings. The Morgan fingerprint density at radius 3 is 2.64 bits per heavy atom. The molecule has 4 N–H and O–H groups in total. The summed E-state index contributed by atoms with van der Waals surface area (Å²) < 4.78 is 17.2. The highest BCUT2D eigenvalue weighted by atomic mass is 32.1. The fourth-order valence-electron chi connectivity index (χ4n) is 5.39. The molecule has 2 aliphatic rings. The van der Waals surface area contributed by atoms with E-state index < -0.39 is 6.10 Å². The largest absolute Gasteiger partial charge is 0.495 e. The van der Waals surface area contributed by atoms with Crippen molar-refractivity contribution in [2.75, 3.05) is 32.7 Å². The minimum atomic E-state index is -0.418. The Bertz CT molecular complexity index is 1380. The van der Waals surface area contributed by atoms with Crippen LogP contribution in [-0.2, 0) is 25.7 Å². The van der Waals surface area contributed by atoms with E-state index in [1.165, 1.54) is 18.4 Å². The average molecular weight is 599 g/mol.